The molecule has 0 bridgehead atoms. The fourth-order valence-electron chi connectivity index (χ4n) is 4.92. The maximum atomic E-state index is 6.18. The maximum Gasteiger partial charge on any atom is 0.0708 e. The molecule has 4 saturated heterocycles. The lowest BCUT2D eigenvalue weighted by molar-refractivity contribution is 0.0656. The minimum absolute atomic E-state index is 0.501. The van der Waals surface area contributed by atoms with E-state index in [0.717, 1.165) is 18.4 Å². The fraction of sp³-hybridized carbons (Fsp3) is 1.00. The third-order valence-corrected chi connectivity index (χ3v) is 6.16. The number of nitrogens with one attached hydrogen (secondary N) is 2. The van der Waals surface area contributed by atoms with Crippen molar-refractivity contribution in [3.05, 3.63) is 0 Å². The summed E-state index contributed by atoms with van der Waals surface area (Å²) in [5.41, 5.74) is 0.518. The Hall–Kier alpha value is -0.160. The molecule has 4 rings (SSSR count). The minimum Gasteiger partial charge on any atom is -0.376 e. The first-order chi connectivity index (χ1) is 9.83. The van der Waals surface area contributed by atoms with Gasteiger partial charge in [0.25, 0.3) is 0 Å². The van der Waals surface area contributed by atoms with Crippen molar-refractivity contribution in [3.63, 3.8) is 0 Å². The van der Waals surface area contributed by atoms with Gasteiger partial charge in [-0.25, -0.2) is 0 Å². The van der Waals surface area contributed by atoms with Crippen LogP contribution in [0.2, 0.25) is 0 Å². The topological polar surface area (TPSA) is 36.5 Å². The summed E-state index contributed by atoms with van der Waals surface area (Å²) < 4.78 is 6.18. The zero-order valence-corrected chi connectivity index (χ0v) is 12.6. The van der Waals surface area contributed by atoms with Crippen LogP contribution in [0.1, 0.15) is 25.7 Å². The second-order valence-corrected chi connectivity index (χ2v) is 7.62. The Bertz CT molecular complexity index is 329. The Labute approximate surface area is 122 Å². The van der Waals surface area contributed by atoms with Gasteiger partial charge in [-0.2, -0.15) is 0 Å². The van der Waals surface area contributed by atoms with Gasteiger partial charge in [0.1, 0.15) is 0 Å². The van der Waals surface area contributed by atoms with E-state index in [1.54, 1.807) is 0 Å². The molecule has 114 valence electrons. The molecule has 0 saturated carbocycles. The predicted octanol–water partition coefficient (Wildman–Crippen LogP) is 0.686. The average molecular weight is 279 g/mol. The van der Waals surface area contributed by atoms with Gasteiger partial charge in [0.05, 0.1) is 12.7 Å². The van der Waals surface area contributed by atoms with Crippen molar-refractivity contribution in [1.82, 2.24) is 15.5 Å². The first-order valence-corrected chi connectivity index (χ1v) is 8.58. The molecule has 0 radical (unpaired) electrons. The van der Waals surface area contributed by atoms with E-state index in [4.69, 9.17) is 4.74 Å². The molecular weight excluding hydrogens is 250 g/mol. The van der Waals surface area contributed by atoms with Gasteiger partial charge in [0.2, 0.25) is 0 Å². The largest absolute Gasteiger partial charge is 0.376 e. The van der Waals surface area contributed by atoms with Gasteiger partial charge in [-0.05, 0) is 69.1 Å². The summed E-state index contributed by atoms with van der Waals surface area (Å²) in [7, 11) is 0. The van der Waals surface area contributed by atoms with Gasteiger partial charge in [-0.1, -0.05) is 0 Å². The first kappa shape index (κ1) is 13.5. The maximum absolute atomic E-state index is 6.18. The lowest BCUT2D eigenvalue weighted by Gasteiger charge is -2.32. The number of nitrogens with zero attached hydrogens (tertiary/aromatic N) is 1. The number of rotatable bonds is 2. The number of piperidine rings is 2. The van der Waals surface area contributed by atoms with E-state index in [1.807, 2.05) is 0 Å². The lowest BCUT2D eigenvalue weighted by atomic mass is 9.77. The van der Waals surface area contributed by atoms with E-state index in [0.29, 0.717) is 11.5 Å². The zero-order valence-electron chi connectivity index (χ0n) is 12.6. The van der Waals surface area contributed by atoms with Crippen molar-refractivity contribution in [1.29, 1.82) is 0 Å². The van der Waals surface area contributed by atoms with Gasteiger partial charge >= 0.3 is 0 Å². The molecule has 4 nitrogen and oxygen atoms in total. The summed E-state index contributed by atoms with van der Waals surface area (Å²) in [6, 6.07) is 0. The summed E-state index contributed by atoms with van der Waals surface area (Å²) in [6.45, 7) is 9.66. The Morgan fingerprint density at radius 2 is 1.90 bits per heavy atom. The second kappa shape index (κ2) is 5.56. The average Bonchev–Trinajstić information content (AvgIpc) is 3.04. The summed E-state index contributed by atoms with van der Waals surface area (Å²) in [5, 5.41) is 7.04. The van der Waals surface area contributed by atoms with Gasteiger partial charge in [0.15, 0.2) is 0 Å². The normalized spacial score (nSPS) is 41.1. The first-order valence-electron chi connectivity index (χ1n) is 8.58. The molecule has 0 aromatic rings. The molecule has 4 heteroatoms. The molecule has 0 aromatic heterocycles. The van der Waals surface area contributed by atoms with Crippen molar-refractivity contribution in [2.75, 3.05) is 52.4 Å². The Kier molecular flexibility index (Phi) is 3.75. The van der Waals surface area contributed by atoms with Crippen LogP contribution < -0.4 is 10.6 Å². The van der Waals surface area contributed by atoms with Crippen molar-refractivity contribution in [2.45, 2.75) is 31.8 Å². The van der Waals surface area contributed by atoms with Crippen LogP contribution in [-0.2, 0) is 4.74 Å². The smallest absolute Gasteiger partial charge is 0.0708 e. The third-order valence-electron chi connectivity index (χ3n) is 6.16. The Balaban J connectivity index is 1.30. The highest BCUT2D eigenvalue weighted by Crippen LogP contribution is 2.41. The lowest BCUT2D eigenvalue weighted by Crippen LogP contribution is -2.37. The SMILES string of the molecule is C1CC2(CCN1)COC(CN1CC3CCNCC3C1)C2. The van der Waals surface area contributed by atoms with Gasteiger partial charge < -0.3 is 20.3 Å². The number of likely N-dealkylation sites (tertiary alicyclic amines) is 1. The Morgan fingerprint density at radius 1 is 1.05 bits per heavy atom. The molecule has 4 heterocycles. The molecule has 4 aliphatic heterocycles. The number of fused-ring (bicyclic) bond motifs is 1. The number of hydrogen-bond acceptors (Lipinski definition) is 4. The zero-order chi connectivity index (χ0) is 13.4. The van der Waals surface area contributed by atoms with Crippen molar-refractivity contribution in [3.8, 4) is 0 Å². The molecule has 20 heavy (non-hydrogen) atoms. The van der Waals surface area contributed by atoms with Gasteiger partial charge in [0, 0.05) is 19.6 Å². The molecule has 3 atom stereocenters. The summed E-state index contributed by atoms with van der Waals surface area (Å²) in [5.74, 6) is 1.85. The number of hydrogen-bond donors (Lipinski definition) is 2. The van der Waals surface area contributed by atoms with Crippen LogP contribution in [0.15, 0.2) is 0 Å². The summed E-state index contributed by atoms with van der Waals surface area (Å²) >= 11 is 0. The highest BCUT2D eigenvalue weighted by molar-refractivity contribution is 4.94. The fourth-order valence-corrected chi connectivity index (χ4v) is 4.92. The Morgan fingerprint density at radius 3 is 2.75 bits per heavy atom. The van der Waals surface area contributed by atoms with E-state index in [9.17, 15) is 0 Å². The van der Waals surface area contributed by atoms with Gasteiger partial charge in [-0.15, -0.1) is 0 Å². The third kappa shape index (κ3) is 2.63. The van der Waals surface area contributed by atoms with Crippen LogP contribution in [0, 0.1) is 17.3 Å². The monoisotopic (exact) mass is 279 g/mol. The second-order valence-electron chi connectivity index (χ2n) is 7.62. The summed E-state index contributed by atoms with van der Waals surface area (Å²) in [4.78, 5) is 2.69. The van der Waals surface area contributed by atoms with Crippen LogP contribution in [0.4, 0.5) is 0 Å². The quantitative estimate of drug-likeness (QED) is 0.780. The minimum atomic E-state index is 0.501. The van der Waals surface area contributed by atoms with Crippen LogP contribution in [0.5, 0.6) is 0 Å². The van der Waals surface area contributed by atoms with E-state index < -0.39 is 0 Å². The van der Waals surface area contributed by atoms with Crippen molar-refractivity contribution in [2.24, 2.45) is 17.3 Å². The van der Waals surface area contributed by atoms with Crippen LogP contribution in [-0.4, -0.2) is 63.4 Å². The van der Waals surface area contributed by atoms with Crippen molar-refractivity contribution >= 4 is 0 Å². The van der Waals surface area contributed by atoms with E-state index >= 15 is 0 Å². The van der Waals surface area contributed by atoms with Crippen LogP contribution in [0.3, 0.4) is 0 Å². The highest BCUT2D eigenvalue weighted by atomic mass is 16.5. The standard InChI is InChI=1S/C16H29N3O/c1-4-18-8-14-10-19(9-13(1)14)11-15-7-16(12-20-15)2-5-17-6-3-16/h13-15,17-18H,1-12H2. The predicted molar refractivity (Wildman–Crippen MR) is 79.8 cm³/mol. The molecule has 4 fully saturated rings. The van der Waals surface area contributed by atoms with E-state index in [-0.39, 0.29) is 0 Å². The van der Waals surface area contributed by atoms with Crippen LogP contribution >= 0.6 is 0 Å². The number of ether oxygens (including phenoxy) is 1. The molecule has 0 aromatic carbocycles. The van der Waals surface area contributed by atoms with E-state index in [2.05, 4.69) is 15.5 Å². The summed E-state index contributed by atoms with van der Waals surface area (Å²) in [6.07, 6.45) is 5.82. The molecule has 2 N–H and O–H groups in total. The molecule has 3 unspecified atom stereocenters. The van der Waals surface area contributed by atoms with E-state index in [1.165, 1.54) is 71.5 Å². The highest BCUT2D eigenvalue weighted by Gasteiger charge is 2.42. The molecule has 0 aliphatic carbocycles. The van der Waals surface area contributed by atoms with Gasteiger partial charge in [-0.3, -0.25) is 0 Å². The van der Waals surface area contributed by atoms with Crippen LogP contribution in [0.25, 0.3) is 0 Å². The molecular formula is C16H29N3O. The molecule has 4 aliphatic rings. The molecule has 0 amide bonds. The van der Waals surface area contributed by atoms with Crippen molar-refractivity contribution < 1.29 is 4.74 Å². The molecule has 1 spiro atoms.